The lowest BCUT2D eigenvalue weighted by Gasteiger charge is -2.23. The summed E-state index contributed by atoms with van der Waals surface area (Å²) in [4.78, 5) is 12.7. The number of carbonyl (C=O) groups excluding carboxylic acids is 1. The van der Waals surface area contributed by atoms with Crippen LogP contribution in [0, 0.1) is 5.92 Å². The number of hydrogen-bond acceptors (Lipinski definition) is 3. The van der Waals surface area contributed by atoms with Gasteiger partial charge in [-0.2, -0.15) is 0 Å². The van der Waals surface area contributed by atoms with Gasteiger partial charge in [0.15, 0.2) is 5.78 Å². The van der Waals surface area contributed by atoms with E-state index in [1.165, 1.54) is 11.1 Å². The Morgan fingerprint density at radius 2 is 2.15 bits per heavy atom. The third kappa shape index (κ3) is 2.38. The van der Waals surface area contributed by atoms with E-state index in [4.69, 9.17) is 0 Å². The van der Waals surface area contributed by atoms with E-state index < -0.39 is 0 Å². The summed E-state index contributed by atoms with van der Waals surface area (Å²) in [5.74, 6) is 0.261. The average Bonchev–Trinajstić information content (AvgIpc) is 2.94. The van der Waals surface area contributed by atoms with Gasteiger partial charge in [0.2, 0.25) is 0 Å². The van der Waals surface area contributed by atoms with Gasteiger partial charge in [-0.15, -0.1) is 5.10 Å². The molecule has 2 aromatic rings. The molecule has 0 saturated carbocycles. The number of fused-ring (bicyclic) bond motifs is 1. The van der Waals surface area contributed by atoms with E-state index in [9.17, 15) is 4.79 Å². The predicted molar refractivity (Wildman–Crippen MR) is 76.6 cm³/mol. The Balaban J connectivity index is 1.80. The molecule has 0 amide bonds. The predicted octanol–water partition coefficient (Wildman–Crippen LogP) is 2.68. The van der Waals surface area contributed by atoms with E-state index in [0.717, 1.165) is 32.2 Å². The maximum absolute atomic E-state index is 12.7. The van der Waals surface area contributed by atoms with Gasteiger partial charge in [0.25, 0.3) is 0 Å². The summed E-state index contributed by atoms with van der Waals surface area (Å²) in [6.07, 6.45) is 5.32. The molecule has 0 N–H and O–H groups in total. The van der Waals surface area contributed by atoms with Crippen molar-refractivity contribution in [1.29, 1.82) is 0 Å². The average molecular weight is 269 g/mol. The van der Waals surface area contributed by atoms with Crippen molar-refractivity contribution < 1.29 is 4.79 Å². The first-order valence-electron chi connectivity index (χ1n) is 7.29. The van der Waals surface area contributed by atoms with E-state index in [0.29, 0.717) is 5.69 Å². The summed E-state index contributed by atoms with van der Waals surface area (Å²) in [5.41, 5.74) is 3.36. The zero-order valence-electron chi connectivity index (χ0n) is 11.7. The molecule has 104 valence electrons. The molecule has 0 radical (unpaired) electrons. The molecule has 1 aromatic carbocycles. The summed E-state index contributed by atoms with van der Waals surface area (Å²) < 4.78 is 1.74. The Labute approximate surface area is 118 Å². The topological polar surface area (TPSA) is 47.8 Å². The Kier molecular flexibility index (Phi) is 3.63. The number of aryl methyl sites for hydroxylation is 2. The van der Waals surface area contributed by atoms with Crippen molar-refractivity contribution in [3.05, 3.63) is 47.3 Å². The molecule has 4 heteroatoms. The van der Waals surface area contributed by atoms with Crippen molar-refractivity contribution in [1.82, 2.24) is 15.0 Å². The third-order valence-corrected chi connectivity index (χ3v) is 4.02. The van der Waals surface area contributed by atoms with Crippen LogP contribution in [0.4, 0.5) is 0 Å². The minimum Gasteiger partial charge on any atom is -0.292 e. The molecule has 1 aromatic heterocycles. The standard InChI is InChI=1S/C16H19N3O/c1-2-9-19-15(11-17-18-19)16(20)14-8-7-12-5-3-4-6-13(12)10-14/h3-6,11,14H,2,7-10H2,1H3. The van der Waals surface area contributed by atoms with Gasteiger partial charge in [0.1, 0.15) is 5.69 Å². The monoisotopic (exact) mass is 269 g/mol. The minimum atomic E-state index is 0.0685. The van der Waals surface area contributed by atoms with Crippen LogP contribution in [0.2, 0.25) is 0 Å². The van der Waals surface area contributed by atoms with Crippen molar-refractivity contribution in [2.45, 2.75) is 39.2 Å². The second kappa shape index (κ2) is 5.57. The minimum absolute atomic E-state index is 0.0685. The normalized spacial score (nSPS) is 17.8. The fraction of sp³-hybridized carbons (Fsp3) is 0.438. The third-order valence-electron chi connectivity index (χ3n) is 4.02. The first-order valence-corrected chi connectivity index (χ1v) is 7.29. The fourth-order valence-electron chi connectivity index (χ4n) is 2.96. The lowest BCUT2D eigenvalue weighted by Crippen LogP contribution is -2.25. The number of rotatable bonds is 4. The van der Waals surface area contributed by atoms with Gasteiger partial charge in [-0.1, -0.05) is 36.4 Å². The van der Waals surface area contributed by atoms with Gasteiger partial charge in [0, 0.05) is 12.5 Å². The maximum Gasteiger partial charge on any atom is 0.185 e. The van der Waals surface area contributed by atoms with Crippen molar-refractivity contribution >= 4 is 5.78 Å². The maximum atomic E-state index is 12.7. The van der Waals surface area contributed by atoms with E-state index in [1.54, 1.807) is 10.9 Å². The fourth-order valence-corrected chi connectivity index (χ4v) is 2.96. The van der Waals surface area contributed by atoms with Gasteiger partial charge >= 0.3 is 0 Å². The van der Waals surface area contributed by atoms with Crippen molar-refractivity contribution in [2.75, 3.05) is 0 Å². The number of hydrogen-bond donors (Lipinski definition) is 0. The number of benzene rings is 1. The van der Waals surface area contributed by atoms with Crippen LogP contribution in [0.1, 0.15) is 41.4 Å². The van der Waals surface area contributed by atoms with Crippen LogP contribution >= 0.6 is 0 Å². The summed E-state index contributed by atoms with van der Waals surface area (Å²) in [6, 6.07) is 8.42. The van der Waals surface area contributed by atoms with E-state index in [2.05, 4.69) is 41.5 Å². The number of nitrogens with zero attached hydrogens (tertiary/aromatic N) is 3. The Bertz CT molecular complexity index is 618. The van der Waals surface area contributed by atoms with Crippen LogP contribution in [0.15, 0.2) is 30.5 Å². The molecule has 1 heterocycles. The second-order valence-electron chi connectivity index (χ2n) is 5.42. The van der Waals surface area contributed by atoms with Crippen molar-refractivity contribution in [3.63, 3.8) is 0 Å². The molecule has 0 bridgehead atoms. The lowest BCUT2D eigenvalue weighted by molar-refractivity contribution is 0.0897. The van der Waals surface area contributed by atoms with Crippen LogP contribution in [-0.4, -0.2) is 20.8 Å². The molecule has 1 atom stereocenters. The van der Waals surface area contributed by atoms with Gasteiger partial charge in [-0.3, -0.25) is 4.79 Å². The molecule has 0 fully saturated rings. The Morgan fingerprint density at radius 1 is 1.35 bits per heavy atom. The summed E-state index contributed by atoms with van der Waals surface area (Å²) in [5, 5.41) is 7.91. The van der Waals surface area contributed by atoms with Crippen LogP contribution in [0.3, 0.4) is 0 Å². The van der Waals surface area contributed by atoms with Gasteiger partial charge in [-0.25, -0.2) is 4.68 Å². The highest BCUT2D eigenvalue weighted by atomic mass is 16.1. The number of Topliss-reactive ketones (excluding diaryl/α,β-unsaturated/α-hetero) is 1. The molecule has 4 nitrogen and oxygen atoms in total. The first kappa shape index (κ1) is 13.0. The van der Waals surface area contributed by atoms with E-state index >= 15 is 0 Å². The van der Waals surface area contributed by atoms with E-state index in [-0.39, 0.29) is 11.7 Å². The molecule has 0 saturated heterocycles. The van der Waals surface area contributed by atoms with Gasteiger partial charge in [-0.05, 0) is 36.8 Å². The largest absolute Gasteiger partial charge is 0.292 e. The van der Waals surface area contributed by atoms with E-state index in [1.807, 2.05) is 0 Å². The van der Waals surface area contributed by atoms with Crippen LogP contribution in [0.25, 0.3) is 0 Å². The quantitative estimate of drug-likeness (QED) is 0.802. The number of aromatic nitrogens is 3. The number of ketones is 1. The molecule has 20 heavy (non-hydrogen) atoms. The van der Waals surface area contributed by atoms with Crippen LogP contribution in [-0.2, 0) is 19.4 Å². The SMILES string of the molecule is CCCn1nncc1C(=O)C1CCc2ccccc2C1. The second-order valence-corrected chi connectivity index (χ2v) is 5.42. The van der Waals surface area contributed by atoms with Crippen LogP contribution < -0.4 is 0 Å². The van der Waals surface area contributed by atoms with Gasteiger partial charge < -0.3 is 0 Å². The molecule has 0 aliphatic heterocycles. The number of carbonyl (C=O) groups is 1. The molecular formula is C16H19N3O. The van der Waals surface area contributed by atoms with Gasteiger partial charge in [0.05, 0.1) is 6.20 Å². The highest BCUT2D eigenvalue weighted by molar-refractivity contribution is 5.96. The highest BCUT2D eigenvalue weighted by Gasteiger charge is 2.27. The molecule has 3 rings (SSSR count). The first-order chi connectivity index (χ1) is 9.79. The Hall–Kier alpha value is -1.97. The zero-order valence-corrected chi connectivity index (χ0v) is 11.7. The summed E-state index contributed by atoms with van der Waals surface area (Å²) in [6.45, 7) is 2.83. The Morgan fingerprint density at radius 3 is 2.95 bits per heavy atom. The molecule has 0 spiro atoms. The molecule has 1 aliphatic rings. The molecule has 1 unspecified atom stereocenters. The van der Waals surface area contributed by atoms with Crippen LogP contribution in [0.5, 0.6) is 0 Å². The summed E-state index contributed by atoms with van der Waals surface area (Å²) in [7, 11) is 0. The molecule has 1 aliphatic carbocycles. The lowest BCUT2D eigenvalue weighted by atomic mass is 9.81. The highest BCUT2D eigenvalue weighted by Crippen LogP contribution is 2.27. The van der Waals surface area contributed by atoms with Crippen molar-refractivity contribution in [2.24, 2.45) is 5.92 Å². The molecular weight excluding hydrogens is 250 g/mol. The summed E-state index contributed by atoms with van der Waals surface area (Å²) >= 11 is 0. The smallest absolute Gasteiger partial charge is 0.185 e. The zero-order chi connectivity index (χ0) is 13.9. The van der Waals surface area contributed by atoms with Crippen molar-refractivity contribution in [3.8, 4) is 0 Å².